The molecule has 1 aliphatic heterocycles. The predicted molar refractivity (Wildman–Crippen MR) is 64.8 cm³/mol. The zero-order valence-electron chi connectivity index (χ0n) is 11.3. The van der Waals surface area contributed by atoms with Gasteiger partial charge in [-0.25, -0.2) is 9.59 Å². The molecule has 0 saturated heterocycles. The van der Waals surface area contributed by atoms with E-state index in [4.69, 9.17) is 14.2 Å². The van der Waals surface area contributed by atoms with Crippen LogP contribution in [0.2, 0.25) is 0 Å². The van der Waals surface area contributed by atoms with Crippen LogP contribution in [0.4, 0.5) is 0 Å². The van der Waals surface area contributed by atoms with E-state index in [1.54, 1.807) is 39.8 Å². The van der Waals surface area contributed by atoms with E-state index in [-0.39, 0.29) is 19.3 Å². The summed E-state index contributed by atoms with van der Waals surface area (Å²) < 4.78 is 15.5. The minimum absolute atomic E-state index is 0.189. The minimum atomic E-state index is -1.68. The SMILES string of the molecule is CCOC(=O)C1(C(=O)OCC)O[C@@H](C)C=C[C@H]1C. The number of ether oxygens (including phenoxy) is 3. The highest BCUT2D eigenvalue weighted by Gasteiger charge is 2.56. The predicted octanol–water partition coefficient (Wildman–Crippen LogP) is 1.46. The lowest BCUT2D eigenvalue weighted by Crippen LogP contribution is -2.58. The van der Waals surface area contributed by atoms with E-state index < -0.39 is 23.5 Å². The van der Waals surface area contributed by atoms with Crippen LogP contribution in [0, 0.1) is 5.92 Å². The average Bonchev–Trinajstić information content (AvgIpc) is 2.32. The Bertz CT molecular complexity index is 329. The molecule has 5 heteroatoms. The highest BCUT2D eigenvalue weighted by molar-refractivity contribution is 6.04. The summed E-state index contributed by atoms with van der Waals surface area (Å²) in [6, 6.07) is 0. The van der Waals surface area contributed by atoms with Gasteiger partial charge in [0.2, 0.25) is 0 Å². The third-order valence-electron chi connectivity index (χ3n) is 2.84. The molecule has 102 valence electrons. The van der Waals surface area contributed by atoms with Gasteiger partial charge in [0.05, 0.1) is 19.3 Å². The van der Waals surface area contributed by atoms with Crippen LogP contribution < -0.4 is 0 Å². The fraction of sp³-hybridized carbons (Fsp3) is 0.692. The molecule has 0 spiro atoms. The molecule has 0 aromatic rings. The van der Waals surface area contributed by atoms with Gasteiger partial charge in [-0.2, -0.15) is 0 Å². The molecular weight excluding hydrogens is 236 g/mol. The fourth-order valence-electron chi connectivity index (χ4n) is 1.93. The van der Waals surface area contributed by atoms with Crippen molar-refractivity contribution in [3.8, 4) is 0 Å². The Morgan fingerprint density at radius 3 is 2.06 bits per heavy atom. The van der Waals surface area contributed by atoms with E-state index in [1.807, 2.05) is 0 Å². The molecule has 0 unspecified atom stereocenters. The first-order valence-corrected chi connectivity index (χ1v) is 6.19. The Hall–Kier alpha value is -1.36. The van der Waals surface area contributed by atoms with Crippen LogP contribution in [0.25, 0.3) is 0 Å². The standard InChI is InChI=1S/C13H20O5/c1-5-16-11(14)13(12(15)17-6-2)9(3)7-8-10(4)18-13/h7-10H,5-6H2,1-4H3/t9-,10+/m1/s1. The van der Waals surface area contributed by atoms with Crippen molar-refractivity contribution in [3.63, 3.8) is 0 Å². The molecule has 18 heavy (non-hydrogen) atoms. The largest absolute Gasteiger partial charge is 0.463 e. The lowest BCUT2D eigenvalue weighted by Gasteiger charge is -2.37. The van der Waals surface area contributed by atoms with E-state index in [0.717, 1.165) is 0 Å². The van der Waals surface area contributed by atoms with Gasteiger partial charge in [-0.15, -0.1) is 0 Å². The highest BCUT2D eigenvalue weighted by Crippen LogP contribution is 2.32. The van der Waals surface area contributed by atoms with E-state index in [1.165, 1.54) is 0 Å². The smallest absolute Gasteiger partial charge is 0.350 e. The second-order valence-electron chi connectivity index (χ2n) is 4.17. The molecule has 0 amide bonds. The molecule has 0 aliphatic carbocycles. The number of esters is 2. The lowest BCUT2D eigenvalue weighted by atomic mass is 9.85. The van der Waals surface area contributed by atoms with Gasteiger partial charge >= 0.3 is 11.9 Å². The summed E-state index contributed by atoms with van der Waals surface area (Å²) in [5.41, 5.74) is -1.68. The van der Waals surface area contributed by atoms with Crippen molar-refractivity contribution in [2.24, 2.45) is 5.92 Å². The van der Waals surface area contributed by atoms with Crippen molar-refractivity contribution in [2.45, 2.75) is 39.4 Å². The molecule has 0 N–H and O–H groups in total. The maximum absolute atomic E-state index is 12.1. The van der Waals surface area contributed by atoms with Gasteiger partial charge in [0.15, 0.2) is 0 Å². The lowest BCUT2D eigenvalue weighted by molar-refractivity contribution is -0.201. The minimum Gasteiger partial charge on any atom is -0.463 e. The summed E-state index contributed by atoms with van der Waals surface area (Å²) in [6.45, 7) is 7.24. The zero-order chi connectivity index (χ0) is 13.8. The summed E-state index contributed by atoms with van der Waals surface area (Å²) in [6.07, 6.45) is 3.25. The molecule has 1 heterocycles. The molecule has 0 fully saturated rings. The third-order valence-corrected chi connectivity index (χ3v) is 2.84. The Balaban J connectivity index is 3.12. The summed E-state index contributed by atoms with van der Waals surface area (Å²) >= 11 is 0. The van der Waals surface area contributed by atoms with Gasteiger partial charge < -0.3 is 14.2 Å². The fourth-order valence-corrected chi connectivity index (χ4v) is 1.93. The normalized spacial score (nSPS) is 25.6. The zero-order valence-corrected chi connectivity index (χ0v) is 11.3. The van der Waals surface area contributed by atoms with Crippen molar-refractivity contribution in [3.05, 3.63) is 12.2 Å². The molecular formula is C13H20O5. The van der Waals surface area contributed by atoms with E-state index in [2.05, 4.69) is 0 Å². The Kier molecular flexibility index (Phi) is 4.90. The number of rotatable bonds is 4. The first-order valence-electron chi connectivity index (χ1n) is 6.19. The Morgan fingerprint density at radius 1 is 1.11 bits per heavy atom. The quantitative estimate of drug-likeness (QED) is 0.433. The summed E-state index contributed by atoms with van der Waals surface area (Å²) in [5, 5.41) is 0. The number of hydrogen-bond donors (Lipinski definition) is 0. The molecule has 5 nitrogen and oxygen atoms in total. The summed E-state index contributed by atoms with van der Waals surface area (Å²) in [4.78, 5) is 24.2. The third kappa shape index (κ3) is 2.56. The van der Waals surface area contributed by atoms with Crippen molar-refractivity contribution in [2.75, 3.05) is 13.2 Å². The van der Waals surface area contributed by atoms with Gasteiger partial charge in [0, 0.05) is 5.92 Å². The van der Waals surface area contributed by atoms with Crippen LogP contribution in [0.5, 0.6) is 0 Å². The van der Waals surface area contributed by atoms with Crippen molar-refractivity contribution >= 4 is 11.9 Å². The number of hydrogen-bond acceptors (Lipinski definition) is 5. The van der Waals surface area contributed by atoms with E-state index in [0.29, 0.717) is 0 Å². The number of carbonyl (C=O) groups excluding carboxylic acids is 2. The van der Waals surface area contributed by atoms with Crippen LogP contribution in [-0.2, 0) is 23.8 Å². The second kappa shape index (κ2) is 6.00. The molecule has 1 rings (SSSR count). The molecule has 0 radical (unpaired) electrons. The van der Waals surface area contributed by atoms with Gasteiger partial charge in [0.25, 0.3) is 5.60 Å². The second-order valence-corrected chi connectivity index (χ2v) is 4.17. The maximum Gasteiger partial charge on any atom is 0.350 e. The van der Waals surface area contributed by atoms with Crippen LogP contribution in [0.15, 0.2) is 12.2 Å². The number of carbonyl (C=O) groups is 2. The summed E-state index contributed by atoms with van der Waals surface area (Å²) in [5.74, 6) is -1.80. The van der Waals surface area contributed by atoms with Crippen LogP contribution >= 0.6 is 0 Å². The van der Waals surface area contributed by atoms with Gasteiger partial charge in [-0.1, -0.05) is 19.1 Å². The van der Waals surface area contributed by atoms with Crippen LogP contribution in [0.3, 0.4) is 0 Å². The van der Waals surface area contributed by atoms with Gasteiger partial charge in [0.1, 0.15) is 0 Å². The van der Waals surface area contributed by atoms with Crippen molar-refractivity contribution < 1.29 is 23.8 Å². The molecule has 0 aromatic carbocycles. The van der Waals surface area contributed by atoms with Gasteiger partial charge in [-0.3, -0.25) is 0 Å². The molecule has 2 atom stereocenters. The van der Waals surface area contributed by atoms with Crippen LogP contribution in [0.1, 0.15) is 27.7 Å². The van der Waals surface area contributed by atoms with Crippen LogP contribution in [-0.4, -0.2) is 36.9 Å². The highest BCUT2D eigenvalue weighted by atomic mass is 16.6. The first-order chi connectivity index (χ1) is 8.48. The van der Waals surface area contributed by atoms with Crippen molar-refractivity contribution in [1.29, 1.82) is 0 Å². The van der Waals surface area contributed by atoms with Crippen molar-refractivity contribution in [1.82, 2.24) is 0 Å². The first kappa shape index (κ1) is 14.7. The topological polar surface area (TPSA) is 61.8 Å². The molecule has 1 aliphatic rings. The van der Waals surface area contributed by atoms with E-state index in [9.17, 15) is 9.59 Å². The molecule has 0 aromatic heterocycles. The van der Waals surface area contributed by atoms with E-state index >= 15 is 0 Å². The molecule has 0 bridgehead atoms. The Labute approximate surface area is 107 Å². The monoisotopic (exact) mass is 256 g/mol. The van der Waals surface area contributed by atoms with Gasteiger partial charge in [-0.05, 0) is 20.8 Å². The maximum atomic E-state index is 12.1. The molecule has 0 saturated carbocycles. The Morgan fingerprint density at radius 2 is 1.61 bits per heavy atom. The average molecular weight is 256 g/mol. The summed E-state index contributed by atoms with van der Waals surface area (Å²) in [7, 11) is 0.